The lowest BCUT2D eigenvalue weighted by atomic mass is 10.2. The van der Waals surface area contributed by atoms with Gasteiger partial charge in [0.1, 0.15) is 5.25 Å². The van der Waals surface area contributed by atoms with Crippen LogP contribution in [-0.2, 0) is 21.1 Å². The molecule has 0 saturated heterocycles. The van der Waals surface area contributed by atoms with Gasteiger partial charge in [-0.15, -0.1) is 5.10 Å². The van der Waals surface area contributed by atoms with E-state index in [1.54, 1.807) is 24.0 Å². The number of carbonyl (C=O) groups is 1. The maximum absolute atomic E-state index is 12.9. The number of hydrogen-bond acceptors (Lipinski definition) is 6. The standard InChI is InChI=1S/C20H21N5O3S/c1-15(20-21-22-23-25(20)17-8-3-2-4-9-17)29(27,28)14-12-19(26)24-13-11-16-7-5-6-10-18(16)24/h2-10,15H,11-14H2,1H3. The summed E-state index contributed by atoms with van der Waals surface area (Å²) in [5, 5.41) is 10.5. The molecule has 0 radical (unpaired) electrons. The Morgan fingerprint density at radius 1 is 1.10 bits per heavy atom. The van der Waals surface area contributed by atoms with Crippen molar-refractivity contribution < 1.29 is 13.2 Å². The molecule has 2 aromatic carbocycles. The maximum Gasteiger partial charge on any atom is 0.228 e. The molecule has 1 atom stereocenters. The number of carbonyl (C=O) groups excluding carboxylic acids is 1. The predicted molar refractivity (Wildman–Crippen MR) is 108 cm³/mol. The number of tetrazole rings is 1. The van der Waals surface area contributed by atoms with Gasteiger partial charge in [0.2, 0.25) is 5.91 Å². The van der Waals surface area contributed by atoms with Crippen LogP contribution < -0.4 is 4.90 Å². The Labute approximate surface area is 169 Å². The number of para-hydroxylation sites is 2. The molecular weight excluding hydrogens is 390 g/mol. The van der Waals surface area contributed by atoms with Crippen LogP contribution in [0.2, 0.25) is 0 Å². The van der Waals surface area contributed by atoms with E-state index in [0.29, 0.717) is 12.2 Å². The summed E-state index contributed by atoms with van der Waals surface area (Å²) in [4.78, 5) is 14.3. The first-order valence-corrected chi connectivity index (χ1v) is 11.1. The molecule has 0 fully saturated rings. The number of aromatic nitrogens is 4. The zero-order valence-corrected chi connectivity index (χ0v) is 16.8. The van der Waals surface area contributed by atoms with Gasteiger partial charge in [0, 0.05) is 18.7 Å². The lowest BCUT2D eigenvalue weighted by Crippen LogP contribution is -2.31. The summed E-state index contributed by atoms with van der Waals surface area (Å²) in [6.07, 6.45) is 0.713. The number of fused-ring (bicyclic) bond motifs is 1. The molecule has 150 valence electrons. The number of hydrogen-bond donors (Lipinski definition) is 0. The third-order valence-electron chi connectivity index (χ3n) is 5.19. The van der Waals surface area contributed by atoms with E-state index in [1.165, 1.54) is 4.68 Å². The predicted octanol–water partition coefficient (Wildman–Crippen LogP) is 2.12. The van der Waals surface area contributed by atoms with Crippen molar-refractivity contribution in [2.24, 2.45) is 0 Å². The van der Waals surface area contributed by atoms with Gasteiger partial charge in [-0.25, -0.2) is 8.42 Å². The highest BCUT2D eigenvalue weighted by Gasteiger charge is 2.31. The quantitative estimate of drug-likeness (QED) is 0.616. The Hall–Kier alpha value is -3.07. The van der Waals surface area contributed by atoms with Crippen molar-refractivity contribution in [3.8, 4) is 5.69 Å². The molecule has 3 aromatic rings. The van der Waals surface area contributed by atoms with Gasteiger partial charge in [0.05, 0.1) is 11.4 Å². The van der Waals surface area contributed by atoms with Crippen molar-refractivity contribution in [2.75, 3.05) is 17.2 Å². The first kappa shape index (κ1) is 19.3. The minimum absolute atomic E-state index is 0.0755. The topological polar surface area (TPSA) is 98.0 Å². The molecule has 1 aliphatic rings. The molecule has 1 aromatic heterocycles. The maximum atomic E-state index is 12.9. The minimum atomic E-state index is -3.63. The fraction of sp³-hybridized carbons (Fsp3) is 0.300. The van der Waals surface area contributed by atoms with E-state index in [4.69, 9.17) is 0 Å². The Kier molecular flexibility index (Phi) is 5.14. The number of benzene rings is 2. The van der Waals surface area contributed by atoms with Crippen LogP contribution in [0.3, 0.4) is 0 Å². The zero-order chi connectivity index (χ0) is 20.4. The molecule has 1 amide bonds. The van der Waals surface area contributed by atoms with Crippen molar-refractivity contribution in [2.45, 2.75) is 25.0 Å². The fourth-order valence-electron chi connectivity index (χ4n) is 3.50. The molecule has 0 saturated carbocycles. The summed E-state index contributed by atoms with van der Waals surface area (Å²) in [5.74, 6) is -0.212. The number of rotatable bonds is 6. The molecular formula is C20H21N5O3S. The molecule has 1 aliphatic heterocycles. The third kappa shape index (κ3) is 3.77. The van der Waals surface area contributed by atoms with Gasteiger partial charge in [-0.1, -0.05) is 36.4 Å². The van der Waals surface area contributed by atoms with Crippen LogP contribution in [0, 0.1) is 0 Å². The summed E-state index contributed by atoms with van der Waals surface area (Å²) >= 11 is 0. The largest absolute Gasteiger partial charge is 0.312 e. The molecule has 9 heteroatoms. The first-order chi connectivity index (χ1) is 14.0. The van der Waals surface area contributed by atoms with Crippen molar-refractivity contribution in [3.63, 3.8) is 0 Å². The van der Waals surface area contributed by atoms with Crippen LogP contribution in [0.1, 0.15) is 30.0 Å². The van der Waals surface area contributed by atoms with E-state index in [-0.39, 0.29) is 23.9 Å². The number of anilines is 1. The van der Waals surface area contributed by atoms with Gasteiger partial charge < -0.3 is 4.90 Å². The summed E-state index contributed by atoms with van der Waals surface area (Å²) in [6, 6.07) is 16.8. The third-order valence-corrected chi connectivity index (χ3v) is 7.25. The van der Waals surface area contributed by atoms with Crippen LogP contribution >= 0.6 is 0 Å². The molecule has 0 N–H and O–H groups in total. The summed E-state index contributed by atoms with van der Waals surface area (Å²) in [6.45, 7) is 2.14. The van der Waals surface area contributed by atoms with E-state index >= 15 is 0 Å². The van der Waals surface area contributed by atoms with Gasteiger partial charge in [-0.05, 0) is 47.5 Å². The average molecular weight is 411 g/mol. The minimum Gasteiger partial charge on any atom is -0.312 e. The highest BCUT2D eigenvalue weighted by atomic mass is 32.2. The zero-order valence-electron chi connectivity index (χ0n) is 16.0. The molecule has 29 heavy (non-hydrogen) atoms. The monoisotopic (exact) mass is 411 g/mol. The molecule has 4 rings (SSSR count). The lowest BCUT2D eigenvalue weighted by molar-refractivity contribution is -0.118. The van der Waals surface area contributed by atoms with Crippen molar-refractivity contribution >= 4 is 21.4 Å². The van der Waals surface area contributed by atoms with E-state index in [9.17, 15) is 13.2 Å². The fourth-order valence-corrected chi connectivity index (χ4v) is 4.78. The van der Waals surface area contributed by atoms with E-state index in [1.807, 2.05) is 42.5 Å². The molecule has 1 unspecified atom stereocenters. The number of sulfone groups is 1. The van der Waals surface area contributed by atoms with Gasteiger partial charge in [-0.3, -0.25) is 4.79 Å². The van der Waals surface area contributed by atoms with Crippen molar-refractivity contribution in [1.82, 2.24) is 20.2 Å². The first-order valence-electron chi connectivity index (χ1n) is 9.41. The molecule has 0 spiro atoms. The molecule has 8 nitrogen and oxygen atoms in total. The summed E-state index contributed by atoms with van der Waals surface area (Å²) in [5.41, 5.74) is 2.66. The highest BCUT2D eigenvalue weighted by Crippen LogP contribution is 2.29. The Balaban J connectivity index is 1.47. The second kappa shape index (κ2) is 7.75. The normalized spacial score (nSPS) is 14.6. The van der Waals surface area contributed by atoms with Gasteiger partial charge in [0.15, 0.2) is 15.7 Å². The van der Waals surface area contributed by atoms with Crippen LogP contribution in [0.4, 0.5) is 5.69 Å². The number of amides is 1. The van der Waals surface area contributed by atoms with E-state index < -0.39 is 15.1 Å². The Morgan fingerprint density at radius 3 is 2.62 bits per heavy atom. The molecule has 0 aliphatic carbocycles. The van der Waals surface area contributed by atoms with Crippen molar-refractivity contribution in [3.05, 3.63) is 66.0 Å². The second-order valence-electron chi connectivity index (χ2n) is 6.97. The van der Waals surface area contributed by atoms with E-state index in [2.05, 4.69) is 15.5 Å². The average Bonchev–Trinajstić information content (AvgIpc) is 3.39. The van der Waals surface area contributed by atoms with Gasteiger partial charge in [0.25, 0.3) is 0 Å². The smallest absolute Gasteiger partial charge is 0.228 e. The Bertz CT molecular complexity index is 1130. The van der Waals surface area contributed by atoms with Crippen LogP contribution in [0.5, 0.6) is 0 Å². The SMILES string of the molecule is CC(c1nnnn1-c1ccccc1)S(=O)(=O)CCC(=O)N1CCc2ccccc21. The number of nitrogens with zero attached hydrogens (tertiary/aromatic N) is 5. The Morgan fingerprint density at radius 2 is 1.83 bits per heavy atom. The van der Waals surface area contributed by atoms with Crippen molar-refractivity contribution in [1.29, 1.82) is 0 Å². The molecule has 2 heterocycles. The summed E-state index contributed by atoms with van der Waals surface area (Å²) < 4.78 is 27.2. The van der Waals surface area contributed by atoms with Crippen LogP contribution in [0.15, 0.2) is 54.6 Å². The van der Waals surface area contributed by atoms with Gasteiger partial charge in [-0.2, -0.15) is 4.68 Å². The highest BCUT2D eigenvalue weighted by molar-refractivity contribution is 7.91. The lowest BCUT2D eigenvalue weighted by Gasteiger charge is -2.18. The van der Waals surface area contributed by atoms with E-state index in [0.717, 1.165) is 17.7 Å². The van der Waals surface area contributed by atoms with Crippen LogP contribution in [0.25, 0.3) is 5.69 Å². The summed E-state index contributed by atoms with van der Waals surface area (Å²) in [7, 11) is -3.63. The molecule has 0 bridgehead atoms. The second-order valence-corrected chi connectivity index (χ2v) is 9.41. The van der Waals surface area contributed by atoms with Gasteiger partial charge >= 0.3 is 0 Å². The van der Waals surface area contributed by atoms with Crippen LogP contribution in [-0.4, -0.2) is 46.8 Å².